The molecule has 1 atom stereocenters. The molecule has 2 heterocycles. The summed E-state index contributed by atoms with van der Waals surface area (Å²) in [7, 11) is 0. The summed E-state index contributed by atoms with van der Waals surface area (Å²) in [6.45, 7) is 8.31. The zero-order chi connectivity index (χ0) is 14.9. The predicted molar refractivity (Wildman–Crippen MR) is 92.9 cm³/mol. The third kappa shape index (κ3) is 3.88. The van der Waals surface area contributed by atoms with Crippen molar-refractivity contribution in [2.24, 2.45) is 11.7 Å². The molecule has 2 aromatic rings. The highest BCUT2D eigenvalue weighted by Gasteiger charge is 2.29. The Morgan fingerprint density at radius 3 is 2.64 bits per heavy atom. The molecule has 2 rings (SSSR count). The lowest BCUT2D eigenvalue weighted by atomic mass is 9.88. The molecule has 0 aliphatic rings. The zero-order valence-corrected chi connectivity index (χ0v) is 14.8. The molecule has 0 aliphatic carbocycles. The number of rotatable bonds is 4. The normalized spacial score (nSPS) is 13.2. The van der Waals surface area contributed by atoms with E-state index in [4.69, 9.17) is 5.73 Å². The summed E-state index contributed by atoms with van der Waals surface area (Å²) >= 11 is 0. The minimum atomic E-state index is -0.433. The van der Waals surface area contributed by atoms with Gasteiger partial charge in [-0.15, -0.1) is 24.8 Å². The Labute approximate surface area is 142 Å². The van der Waals surface area contributed by atoms with E-state index in [0.29, 0.717) is 17.8 Å². The molecule has 0 saturated carbocycles. The third-order valence-corrected chi connectivity index (χ3v) is 3.96. The average Bonchev–Trinajstić information content (AvgIpc) is 2.79. The van der Waals surface area contributed by atoms with Gasteiger partial charge in [0.1, 0.15) is 0 Å². The Balaban J connectivity index is 0.00000220. The van der Waals surface area contributed by atoms with Crippen LogP contribution in [0.3, 0.4) is 0 Å². The number of nitrogens with zero attached hydrogens (tertiary/aromatic N) is 2. The molecule has 0 saturated heterocycles. The van der Waals surface area contributed by atoms with Gasteiger partial charge in [0.2, 0.25) is 0 Å². The number of carbonyl (C=O) groups is 1. The maximum Gasteiger partial charge on any atom is 0.253 e. The van der Waals surface area contributed by atoms with Crippen LogP contribution in [0.2, 0.25) is 0 Å². The Kier molecular flexibility index (Phi) is 7.28. The topological polar surface area (TPSA) is 96.7 Å². The maximum atomic E-state index is 12.4. The summed E-state index contributed by atoms with van der Waals surface area (Å²) in [5, 5.41) is 10.8. The van der Waals surface area contributed by atoms with Crippen molar-refractivity contribution in [1.82, 2.24) is 20.5 Å². The Morgan fingerprint density at radius 1 is 1.45 bits per heavy atom. The van der Waals surface area contributed by atoms with Gasteiger partial charge >= 0.3 is 0 Å². The van der Waals surface area contributed by atoms with E-state index in [9.17, 15) is 4.79 Å². The van der Waals surface area contributed by atoms with Gasteiger partial charge in [-0.25, -0.2) is 4.98 Å². The summed E-state index contributed by atoms with van der Waals surface area (Å²) in [6, 6.07) is 1.80. The quantitative estimate of drug-likeness (QED) is 0.789. The van der Waals surface area contributed by atoms with E-state index in [1.165, 1.54) is 6.20 Å². The highest BCUT2D eigenvalue weighted by Crippen LogP contribution is 2.18. The molecule has 0 bridgehead atoms. The van der Waals surface area contributed by atoms with Gasteiger partial charge in [0.25, 0.3) is 5.91 Å². The van der Waals surface area contributed by atoms with E-state index in [1.807, 2.05) is 27.7 Å². The van der Waals surface area contributed by atoms with Gasteiger partial charge < -0.3 is 11.1 Å². The van der Waals surface area contributed by atoms with Crippen molar-refractivity contribution >= 4 is 41.8 Å². The van der Waals surface area contributed by atoms with Gasteiger partial charge in [0.15, 0.2) is 5.65 Å². The number of H-pyrrole nitrogens is 1. The van der Waals surface area contributed by atoms with Crippen molar-refractivity contribution in [2.45, 2.75) is 33.2 Å². The van der Waals surface area contributed by atoms with Crippen molar-refractivity contribution in [1.29, 1.82) is 0 Å². The molecule has 0 spiro atoms. The Bertz CT molecular complexity index is 643. The maximum absolute atomic E-state index is 12.4. The molecule has 6 nitrogen and oxygen atoms in total. The third-order valence-electron chi connectivity index (χ3n) is 3.96. The zero-order valence-electron chi connectivity index (χ0n) is 13.1. The molecule has 124 valence electrons. The van der Waals surface area contributed by atoms with Gasteiger partial charge in [0, 0.05) is 23.8 Å². The van der Waals surface area contributed by atoms with Crippen LogP contribution >= 0.6 is 24.8 Å². The van der Waals surface area contributed by atoms with Crippen molar-refractivity contribution in [2.75, 3.05) is 6.54 Å². The number of aromatic amines is 1. The minimum Gasteiger partial charge on any atom is -0.345 e. The number of aromatic nitrogens is 3. The summed E-state index contributed by atoms with van der Waals surface area (Å²) in [5.41, 5.74) is 7.38. The van der Waals surface area contributed by atoms with Gasteiger partial charge in [-0.1, -0.05) is 13.8 Å². The number of halogens is 2. The predicted octanol–water partition coefficient (Wildman–Crippen LogP) is 2.21. The highest BCUT2D eigenvalue weighted by atomic mass is 35.5. The van der Waals surface area contributed by atoms with Crippen LogP contribution in [0.4, 0.5) is 0 Å². The van der Waals surface area contributed by atoms with E-state index >= 15 is 0 Å². The van der Waals surface area contributed by atoms with E-state index < -0.39 is 5.54 Å². The lowest BCUT2D eigenvalue weighted by molar-refractivity contribution is 0.0883. The number of hydrogen-bond acceptors (Lipinski definition) is 4. The number of nitrogens with one attached hydrogen (secondary N) is 2. The molecule has 4 N–H and O–H groups in total. The monoisotopic (exact) mass is 347 g/mol. The first-order valence-electron chi connectivity index (χ1n) is 6.70. The average molecular weight is 348 g/mol. The van der Waals surface area contributed by atoms with Crippen molar-refractivity contribution in [3.8, 4) is 0 Å². The molecule has 0 aromatic carbocycles. The second-order valence-corrected chi connectivity index (χ2v) is 5.67. The molecular formula is C14H23Cl2N5O. The van der Waals surface area contributed by atoms with Gasteiger partial charge in [-0.2, -0.15) is 5.10 Å². The second kappa shape index (κ2) is 7.76. The Hall–Kier alpha value is -1.37. The van der Waals surface area contributed by atoms with Crippen molar-refractivity contribution < 1.29 is 4.79 Å². The fourth-order valence-electron chi connectivity index (χ4n) is 1.91. The highest BCUT2D eigenvalue weighted by molar-refractivity contribution is 5.97. The first-order valence-corrected chi connectivity index (χ1v) is 6.70. The lowest BCUT2D eigenvalue weighted by Crippen LogP contribution is -2.55. The van der Waals surface area contributed by atoms with Crippen LogP contribution in [-0.2, 0) is 0 Å². The van der Waals surface area contributed by atoms with E-state index in [2.05, 4.69) is 20.5 Å². The molecule has 22 heavy (non-hydrogen) atoms. The standard InChI is InChI=1S/C14H21N5O.2ClH/c1-8(2)14(4,7-15)17-13(20)10-5-11-9(3)18-19-12(11)16-6-10;;/h5-6,8H,7,15H2,1-4H3,(H,17,20)(H,16,18,19);2*1H. The van der Waals surface area contributed by atoms with Gasteiger partial charge in [-0.3, -0.25) is 9.89 Å². The van der Waals surface area contributed by atoms with Crippen LogP contribution in [0.15, 0.2) is 12.3 Å². The van der Waals surface area contributed by atoms with E-state index in [-0.39, 0.29) is 36.6 Å². The molecule has 0 radical (unpaired) electrons. The fourth-order valence-corrected chi connectivity index (χ4v) is 1.91. The number of amides is 1. The summed E-state index contributed by atoms with van der Waals surface area (Å²) in [5.74, 6) is 0.0745. The van der Waals surface area contributed by atoms with E-state index in [1.54, 1.807) is 6.07 Å². The second-order valence-electron chi connectivity index (χ2n) is 5.67. The molecule has 0 fully saturated rings. The smallest absolute Gasteiger partial charge is 0.253 e. The molecule has 8 heteroatoms. The number of nitrogens with two attached hydrogens (primary N) is 1. The fraction of sp³-hybridized carbons (Fsp3) is 0.500. The lowest BCUT2D eigenvalue weighted by Gasteiger charge is -2.33. The number of hydrogen-bond donors (Lipinski definition) is 3. The molecule has 1 unspecified atom stereocenters. The number of fused-ring (bicyclic) bond motifs is 1. The summed E-state index contributed by atoms with van der Waals surface area (Å²) in [6.07, 6.45) is 1.54. The minimum absolute atomic E-state index is 0. The summed E-state index contributed by atoms with van der Waals surface area (Å²) < 4.78 is 0. The Morgan fingerprint density at radius 2 is 2.09 bits per heavy atom. The van der Waals surface area contributed by atoms with E-state index in [0.717, 1.165) is 11.1 Å². The number of aryl methyl sites for hydroxylation is 1. The SMILES string of the molecule is Cc1[nH]nc2ncc(C(=O)NC(C)(CN)C(C)C)cc12.Cl.Cl. The number of carbonyl (C=O) groups excluding carboxylic acids is 1. The number of pyridine rings is 1. The van der Waals surface area contributed by atoms with Crippen molar-refractivity contribution in [3.05, 3.63) is 23.5 Å². The van der Waals surface area contributed by atoms with Crippen LogP contribution in [0.5, 0.6) is 0 Å². The first-order chi connectivity index (χ1) is 9.37. The van der Waals surface area contributed by atoms with Crippen LogP contribution in [0.25, 0.3) is 11.0 Å². The van der Waals surface area contributed by atoms with Crippen LogP contribution in [-0.4, -0.2) is 33.2 Å². The molecule has 0 aliphatic heterocycles. The van der Waals surface area contributed by atoms with Gasteiger partial charge in [0.05, 0.1) is 11.1 Å². The van der Waals surface area contributed by atoms with Crippen molar-refractivity contribution in [3.63, 3.8) is 0 Å². The van der Waals surface area contributed by atoms with Crippen LogP contribution in [0, 0.1) is 12.8 Å². The van der Waals surface area contributed by atoms with Gasteiger partial charge in [-0.05, 0) is 25.8 Å². The summed E-state index contributed by atoms with van der Waals surface area (Å²) in [4.78, 5) is 16.6. The van der Waals surface area contributed by atoms with Crippen LogP contribution < -0.4 is 11.1 Å². The first kappa shape index (κ1) is 20.6. The van der Waals surface area contributed by atoms with Crippen LogP contribution in [0.1, 0.15) is 36.8 Å². The molecule has 2 aromatic heterocycles. The molecular weight excluding hydrogens is 325 g/mol. The largest absolute Gasteiger partial charge is 0.345 e. The molecule has 1 amide bonds.